The van der Waals surface area contributed by atoms with Crippen molar-refractivity contribution in [2.75, 3.05) is 6.61 Å². The summed E-state index contributed by atoms with van der Waals surface area (Å²) in [5.41, 5.74) is 1.10. The van der Waals surface area contributed by atoms with Crippen LogP contribution in [0.4, 0.5) is 0 Å². The zero-order valence-corrected chi connectivity index (χ0v) is 14.9. The van der Waals surface area contributed by atoms with E-state index in [1.807, 2.05) is 12.1 Å². The highest BCUT2D eigenvalue weighted by Crippen LogP contribution is 2.26. The third-order valence-corrected chi connectivity index (χ3v) is 4.55. The zero-order chi connectivity index (χ0) is 16.3. The molecule has 2 aromatic rings. The molecule has 1 aromatic carbocycles. The summed E-state index contributed by atoms with van der Waals surface area (Å²) in [6.07, 6.45) is 11.4. The number of hydrogen-bond acceptors (Lipinski definition) is 4. The first kappa shape index (κ1) is 17.7. The van der Waals surface area contributed by atoms with Crippen LogP contribution in [0.2, 0.25) is 0 Å². The molecule has 0 atom stereocenters. The summed E-state index contributed by atoms with van der Waals surface area (Å²) in [6.45, 7) is 5.01. The lowest BCUT2D eigenvalue weighted by Gasteiger charge is -2.03. The Morgan fingerprint density at radius 1 is 1.00 bits per heavy atom. The third kappa shape index (κ3) is 6.14. The van der Waals surface area contributed by atoms with E-state index in [1.165, 1.54) is 19.3 Å². The molecule has 0 radical (unpaired) electrons. The van der Waals surface area contributed by atoms with Gasteiger partial charge in [0.2, 0.25) is 0 Å². The molecule has 0 unspecified atom stereocenters. The minimum Gasteiger partial charge on any atom is -0.490 e. The van der Waals surface area contributed by atoms with Gasteiger partial charge in [0.15, 0.2) is 0 Å². The highest BCUT2D eigenvalue weighted by atomic mass is 32.1. The summed E-state index contributed by atoms with van der Waals surface area (Å²) in [7, 11) is 0. The number of ether oxygens (including phenoxy) is 1. The maximum atomic E-state index is 5.73. The predicted octanol–water partition coefficient (Wildman–Crippen LogP) is 5.67. The van der Waals surface area contributed by atoms with Crippen LogP contribution in [0.5, 0.6) is 5.75 Å². The largest absolute Gasteiger partial charge is 0.490 e. The van der Waals surface area contributed by atoms with Gasteiger partial charge in [0, 0.05) is 12.0 Å². The molecule has 0 amide bonds. The summed E-state index contributed by atoms with van der Waals surface area (Å²) < 4.78 is 5.73. The fourth-order valence-electron chi connectivity index (χ4n) is 2.22. The number of hydrogen-bond donors (Lipinski definition) is 0. The topological polar surface area (TPSA) is 35.0 Å². The monoisotopic (exact) mass is 330 g/mol. The number of rotatable bonds is 10. The van der Waals surface area contributed by atoms with Crippen molar-refractivity contribution >= 4 is 11.3 Å². The average Bonchev–Trinajstić information content (AvgIpc) is 3.04. The second-order valence-corrected chi connectivity index (χ2v) is 6.62. The molecule has 0 bridgehead atoms. The molecule has 0 saturated heterocycles. The molecule has 4 heteroatoms. The lowest BCUT2D eigenvalue weighted by molar-refractivity contribution is 0.362. The first-order chi connectivity index (χ1) is 11.3. The van der Waals surface area contributed by atoms with Gasteiger partial charge in [-0.05, 0) is 43.5 Å². The SMILES string of the molecule is CCCCC/C=C/COc1ccc(-c2nnc(CCC)s2)cc1. The summed E-state index contributed by atoms with van der Waals surface area (Å²) in [5, 5.41) is 10.6. The number of allylic oxidation sites excluding steroid dienone is 1. The molecule has 124 valence electrons. The van der Waals surface area contributed by atoms with E-state index in [2.05, 4.69) is 48.3 Å². The van der Waals surface area contributed by atoms with Crippen molar-refractivity contribution in [3.8, 4) is 16.3 Å². The van der Waals surface area contributed by atoms with Crippen molar-refractivity contribution in [3.05, 3.63) is 41.4 Å². The zero-order valence-electron chi connectivity index (χ0n) is 14.1. The molecule has 0 aliphatic heterocycles. The van der Waals surface area contributed by atoms with Crippen LogP contribution < -0.4 is 4.74 Å². The number of aryl methyl sites for hydroxylation is 1. The van der Waals surface area contributed by atoms with Crippen LogP contribution >= 0.6 is 11.3 Å². The quantitative estimate of drug-likeness (QED) is 0.415. The van der Waals surface area contributed by atoms with Crippen molar-refractivity contribution < 1.29 is 4.74 Å². The van der Waals surface area contributed by atoms with Gasteiger partial charge in [-0.3, -0.25) is 0 Å². The van der Waals surface area contributed by atoms with Crippen LogP contribution in [0.15, 0.2) is 36.4 Å². The van der Waals surface area contributed by atoms with E-state index < -0.39 is 0 Å². The lowest BCUT2D eigenvalue weighted by atomic mass is 10.2. The van der Waals surface area contributed by atoms with Crippen LogP contribution in [0, 0.1) is 0 Å². The van der Waals surface area contributed by atoms with E-state index in [0.29, 0.717) is 6.61 Å². The highest BCUT2D eigenvalue weighted by molar-refractivity contribution is 7.14. The Morgan fingerprint density at radius 2 is 1.83 bits per heavy atom. The van der Waals surface area contributed by atoms with Gasteiger partial charge in [-0.1, -0.05) is 50.2 Å². The Kier molecular flexibility index (Phi) is 7.81. The van der Waals surface area contributed by atoms with Crippen LogP contribution in [-0.4, -0.2) is 16.8 Å². The van der Waals surface area contributed by atoms with Crippen LogP contribution in [0.3, 0.4) is 0 Å². The van der Waals surface area contributed by atoms with Crippen LogP contribution in [0.1, 0.15) is 51.0 Å². The number of nitrogens with zero attached hydrogens (tertiary/aromatic N) is 2. The van der Waals surface area contributed by atoms with Crippen molar-refractivity contribution in [3.63, 3.8) is 0 Å². The molecule has 2 rings (SSSR count). The summed E-state index contributed by atoms with van der Waals surface area (Å²) in [5.74, 6) is 0.894. The Bertz CT molecular complexity index is 590. The maximum Gasteiger partial charge on any atom is 0.147 e. The highest BCUT2D eigenvalue weighted by Gasteiger charge is 2.06. The van der Waals surface area contributed by atoms with Gasteiger partial charge in [-0.2, -0.15) is 0 Å². The lowest BCUT2D eigenvalue weighted by Crippen LogP contribution is -1.93. The van der Waals surface area contributed by atoms with Crippen molar-refractivity contribution in [1.29, 1.82) is 0 Å². The van der Waals surface area contributed by atoms with Crippen molar-refractivity contribution in [2.45, 2.75) is 52.4 Å². The van der Waals surface area contributed by atoms with Crippen molar-refractivity contribution in [1.82, 2.24) is 10.2 Å². The van der Waals surface area contributed by atoms with Gasteiger partial charge in [-0.25, -0.2) is 0 Å². The molecular weight excluding hydrogens is 304 g/mol. The minimum absolute atomic E-state index is 0.630. The average molecular weight is 330 g/mol. The molecule has 0 saturated carbocycles. The molecule has 1 aromatic heterocycles. The smallest absolute Gasteiger partial charge is 0.147 e. The summed E-state index contributed by atoms with van der Waals surface area (Å²) >= 11 is 1.67. The molecule has 23 heavy (non-hydrogen) atoms. The van der Waals surface area contributed by atoms with Gasteiger partial charge in [0.1, 0.15) is 22.4 Å². The van der Waals surface area contributed by atoms with Gasteiger partial charge in [0.25, 0.3) is 0 Å². The third-order valence-electron chi connectivity index (χ3n) is 3.52. The standard InChI is InChI=1S/C19H26N2OS/c1-3-5-6-7-8-9-15-22-17-13-11-16(12-14-17)19-21-20-18(23-19)10-4-2/h8-9,11-14H,3-7,10,15H2,1-2H3/b9-8+. The molecule has 0 spiro atoms. The van der Waals surface area contributed by atoms with Gasteiger partial charge < -0.3 is 4.74 Å². The molecule has 0 fully saturated rings. The molecule has 3 nitrogen and oxygen atoms in total. The van der Waals surface area contributed by atoms with E-state index in [1.54, 1.807) is 11.3 Å². The van der Waals surface area contributed by atoms with Crippen LogP contribution in [-0.2, 0) is 6.42 Å². The number of unbranched alkanes of at least 4 members (excludes halogenated alkanes) is 3. The Labute approximate surface area is 143 Å². The molecule has 0 N–H and O–H groups in total. The predicted molar refractivity (Wildman–Crippen MR) is 98.1 cm³/mol. The van der Waals surface area contributed by atoms with Gasteiger partial charge >= 0.3 is 0 Å². The first-order valence-electron chi connectivity index (χ1n) is 8.54. The minimum atomic E-state index is 0.630. The Balaban J connectivity index is 1.79. The van der Waals surface area contributed by atoms with E-state index in [4.69, 9.17) is 4.74 Å². The second-order valence-electron chi connectivity index (χ2n) is 5.55. The summed E-state index contributed by atoms with van der Waals surface area (Å²) in [6, 6.07) is 8.11. The molecular formula is C19H26N2OS. The van der Waals surface area contributed by atoms with Crippen molar-refractivity contribution in [2.24, 2.45) is 0 Å². The maximum absolute atomic E-state index is 5.73. The molecule has 0 aliphatic carbocycles. The number of aromatic nitrogens is 2. The van der Waals surface area contributed by atoms with Crippen LogP contribution in [0.25, 0.3) is 10.6 Å². The molecule has 0 aliphatic rings. The van der Waals surface area contributed by atoms with Gasteiger partial charge in [-0.15, -0.1) is 10.2 Å². The van der Waals surface area contributed by atoms with E-state index in [0.717, 1.165) is 40.6 Å². The summed E-state index contributed by atoms with van der Waals surface area (Å²) in [4.78, 5) is 0. The normalized spacial score (nSPS) is 11.2. The first-order valence-corrected chi connectivity index (χ1v) is 9.35. The van der Waals surface area contributed by atoms with Gasteiger partial charge in [0.05, 0.1) is 0 Å². The Morgan fingerprint density at radius 3 is 2.57 bits per heavy atom. The molecule has 1 heterocycles. The second kappa shape index (κ2) is 10.2. The Hall–Kier alpha value is -1.68. The van der Waals surface area contributed by atoms with E-state index >= 15 is 0 Å². The number of benzene rings is 1. The fourth-order valence-corrected chi connectivity index (χ4v) is 3.17. The fraction of sp³-hybridized carbons (Fsp3) is 0.474. The van der Waals surface area contributed by atoms with E-state index in [9.17, 15) is 0 Å². The van der Waals surface area contributed by atoms with E-state index in [-0.39, 0.29) is 0 Å².